The van der Waals surface area contributed by atoms with Gasteiger partial charge in [-0.3, -0.25) is 9.59 Å². The van der Waals surface area contributed by atoms with Gasteiger partial charge in [0.25, 0.3) is 0 Å². The first-order chi connectivity index (χ1) is 16.3. The lowest BCUT2D eigenvalue weighted by Crippen LogP contribution is -2.47. The van der Waals surface area contributed by atoms with E-state index in [1.165, 1.54) is 11.1 Å². The predicted molar refractivity (Wildman–Crippen MR) is 128 cm³/mol. The molecule has 4 rings (SSSR count). The smallest absolute Gasteiger partial charge is 0.407 e. The third-order valence-corrected chi connectivity index (χ3v) is 6.93. The van der Waals surface area contributed by atoms with E-state index in [0.29, 0.717) is 25.9 Å². The van der Waals surface area contributed by atoms with Crippen LogP contribution in [0.4, 0.5) is 4.79 Å². The molecule has 180 valence electrons. The zero-order chi connectivity index (χ0) is 24.2. The molecule has 1 aliphatic carbocycles. The van der Waals surface area contributed by atoms with E-state index in [0.717, 1.165) is 11.1 Å². The molecule has 1 fully saturated rings. The summed E-state index contributed by atoms with van der Waals surface area (Å²) in [5.41, 5.74) is 4.67. The summed E-state index contributed by atoms with van der Waals surface area (Å²) in [6, 6.07) is 16.4. The summed E-state index contributed by atoms with van der Waals surface area (Å²) in [6.07, 6.45) is 0.557. The third-order valence-electron chi connectivity index (χ3n) is 6.93. The molecule has 1 aliphatic heterocycles. The molecule has 0 saturated carbocycles. The van der Waals surface area contributed by atoms with Crippen molar-refractivity contribution in [2.45, 2.75) is 32.6 Å². The summed E-state index contributed by atoms with van der Waals surface area (Å²) in [4.78, 5) is 38.2. The number of carboxylic acids is 1. The molecule has 2 aliphatic rings. The maximum atomic E-state index is 12.8. The van der Waals surface area contributed by atoms with Crippen LogP contribution in [0.3, 0.4) is 0 Å². The number of hydrogen-bond acceptors (Lipinski definition) is 4. The first kappa shape index (κ1) is 23.8. The number of nitrogens with zero attached hydrogens (tertiary/aromatic N) is 1. The van der Waals surface area contributed by atoms with E-state index in [4.69, 9.17) is 4.74 Å². The molecule has 0 radical (unpaired) electrons. The number of fused-ring (bicyclic) bond motifs is 3. The quantitative estimate of drug-likeness (QED) is 0.643. The molecule has 1 heterocycles. The van der Waals surface area contributed by atoms with Crippen LogP contribution in [-0.4, -0.2) is 54.2 Å². The van der Waals surface area contributed by atoms with Crippen molar-refractivity contribution in [1.29, 1.82) is 0 Å². The normalized spacial score (nSPS) is 20.2. The van der Waals surface area contributed by atoms with Crippen molar-refractivity contribution in [3.8, 4) is 11.1 Å². The van der Waals surface area contributed by atoms with E-state index < -0.39 is 18.0 Å². The van der Waals surface area contributed by atoms with E-state index in [1.54, 1.807) is 4.90 Å². The Morgan fingerprint density at radius 3 is 2.29 bits per heavy atom. The second-order valence-corrected chi connectivity index (χ2v) is 9.56. The topological polar surface area (TPSA) is 95.9 Å². The Bertz CT molecular complexity index is 1020. The van der Waals surface area contributed by atoms with Gasteiger partial charge in [0.15, 0.2) is 0 Å². The standard InChI is InChI=1S/C27H32N2O5/c1-17-13-19(26(31)32)15-29(14-17)25(30)18(2)11-12-28-27(33)34-16-24-22-9-5-3-7-20(22)21-8-4-6-10-23(21)24/h3-10,17-19,24H,11-16H2,1-2H3,(H,28,33)(H,31,32). The summed E-state index contributed by atoms with van der Waals surface area (Å²) in [7, 11) is 0. The minimum atomic E-state index is -0.853. The maximum Gasteiger partial charge on any atom is 0.407 e. The number of alkyl carbamates (subject to hydrolysis) is 1. The van der Waals surface area contributed by atoms with Gasteiger partial charge in [-0.05, 0) is 41.0 Å². The van der Waals surface area contributed by atoms with Crippen molar-refractivity contribution in [3.63, 3.8) is 0 Å². The van der Waals surface area contributed by atoms with Gasteiger partial charge in [0, 0.05) is 31.5 Å². The minimum Gasteiger partial charge on any atom is -0.481 e. The highest BCUT2D eigenvalue weighted by Gasteiger charge is 2.33. The van der Waals surface area contributed by atoms with Crippen LogP contribution >= 0.6 is 0 Å². The number of carbonyl (C=O) groups is 3. The zero-order valence-corrected chi connectivity index (χ0v) is 19.7. The van der Waals surface area contributed by atoms with E-state index in [9.17, 15) is 19.5 Å². The summed E-state index contributed by atoms with van der Waals surface area (Å²) in [6.45, 7) is 5.18. The highest BCUT2D eigenvalue weighted by molar-refractivity contribution is 5.80. The Labute approximate surface area is 200 Å². The average molecular weight is 465 g/mol. The van der Waals surface area contributed by atoms with Gasteiger partial charge < -0.3 is 20.1 Å². The van der Waals surface area contributed by atoms with Gasteiger partial charge in [0.1, 0.15) is 6.61 Å². The Balaban J connectivity index is 1.25. The largest absolute Gasteiger partial charge is 0.481 e. The van der Waals surface area contributed by atoms with Gasteiger partial charge in [0.2, 0.25) is 5.91 Å². The molecule has 2 amide bonds. The van der Waals surface area contributed by atoms with Crippen molar-refractivity contribution < 1.29 is 24.2 Å². The van der Waals surface area contributed by atoms with Crippen LogP contribution in [0.5, 0.6) is 0 Å². The number of benzene rings is 2. The number of hydrogen-bond donors (Lipinski definition) is 2. The van der Waals surface area contributed by atoms with Crippen LogP contribution < -0.4 is 5.32 Å². The molecule has 0 aromatic heterocycles. The number of amides is 2. The van der Waals surface area contributed by atoms with Gasteiger partial charge in [-0.1, -0.05) is 62.4 Å². The predicted octanol–water partition coefficient (Wildman–Crippen LogP) is 4.12. The lowest BCUT2D eigenvalue weighted by atomic mass is 9.89. The van der Waals surface area contributed by atoms with Crippen LogP contribution in [0.15, 0.2) is 48.5 Å². The number of ether oxygens (including phenoxy) is 1. The zero-order valence-electron chi connectivity index (χ0n) is 19.7. The molecular formula is C27H32N2O5. The van der Waals surface area contributed by atoms with E-state index >= 15 is 0 Å². The molecule has 7 nitrogen and oxygen atoms in total. The number of carbonyl (C=O) groups excluding carboxylic acids is 2. The number of carboxylic acid groups (broad SMARTS) is 1. The Kier molecular flexibility index (Phi) is 7.20. The summed E-state index contributed by atoms with van der Waals surface area (Å²) < 4.78 is 5.54. The van der Waals surface area contributed by atoms with Gasteiger partial charge in [-0.15, -0.1) is 0 Å². The van der Waals surface area contributed by atoms with Gasteiger partial charge in [-0.2, -0.15) is 0 Å². The van der Waals surface area contributed by atoms with Crippen molar-refractivity contribution in [3.05, 3.63) is 59.7 Å². The molecular weight excluding hydrogens is 432 g/mol. The number of likely N-dealkylation sites (tertiary alicyclic amines) is 1. The molecule has 3 unspecified atom stereocenters. The maximum absolute atomic E-state index is 12.8. The van der Waals surface area contributed by atoms with Crippen LogP contribution in [0.2, 0.25) is 0 Å². The molecule has 34 heavy (non-hydrogen) atoms. The SMILES string of the molecule is CC1CC(C(=O)O)CN(C(=O)C(C)CCNC(=O)OCC2c3ccccc3-c3ccccc32)C1. The third kappa shape index (κ3) is 5.08. The van der Waals surface area contributed by atoms with Gasteiger partial charge >= 0.3 is 12.1 Å². The molecule has 2 aromatic carbocycles. The monoisotopic (exact) mass is 464 g/mol. The molecule has 3 atom stereocenters. The van der Waals surface area contributed by atoms with E-state index in [1.807, 2.05) is 38.1 Å². The van der Waals surface area contributed by atoms with Gasteiger partial charge in [-0.25, -0.2) is 4.79 Å². The van der Waals surface area contributed by atoms with E-state index in [2.05, 4.69) is 29.6 Å². The van der Waals surface area contributed by atoms with Crippen molar-refractivity contribution in [1.82, 2.24) is 10.2 Å². The highest BCUT2D eigenvalue weighted by atomic mass is 16.5. The van der Waals surface area contributed by atoms with Gasteiger partial charge in [0.05, 0.1) is 5.92 Å². The number of rotatable bonds is 7. The fraction of sp³-hybridized carbons (Fsp3) is 0.444. The van der Waals surface area contributed by atoms with Crippen LogP contribution in [-0.2, 0) is 14.3 Å². The average Bonchev–Trinajstić information content (AvgIpc) is 3.15. The first-order valence-electron chi connectivity index (χ1n) is 12.0. The highest BCUT2D eigenvalue weighted by Crippen LogP contribution is 2.44. The second kappa shape index (κ2) is 10.3. The molecule has 0 bridgehead atoms. The second-order valence-electron chi connectivity index (χ2n) is 9.56. The first-order valence-corrected chi connectivity index (χ1v) is 12.0. The molecule has 2 N–H and O–H groups in total. The summed E-state index contributed by atoms with van der Waals surface area (Å²) in [5.74, 6) is -1.58. The Hall–Kier alpha value is -3.35. The van der Waals surface area contributed by atoms with Crippen molar-refractivity contribution >= 4 is 18.0 Å². The molecule has 2 aromatic rings. The fourth-order valence-electron chi connectivity index (χ4n) is 5.19. The fourth-order valence-corrected chi connectivity index (χ4v) is 5.19. The number of aliphatic carboxylic acids is 1. The number of piperidine rings is 1. The molecule has 0 spiro atoms. The van der Waals surface area contributed by atoms with Crippen LogP contribution in [0.1, 0.15) is 43.7 Å². The van der Waals surface area contributed by atoms with E-state index in [-0.39, 0.29) is 36.8 Å². The van der Waals surface area contributed by atoms with Crippen molar-refractivity contribution in [2.24, 2.45) is 17.8 Å². The summed E-state index contributed by atoms with van der Waals surface area (Å²) in [5, 5.41) is 12.1. The lowest BCUT2D eigenvalue weighted by molar-refractivity contribution is -0.148. The Morgan fingerprint density at radius 2 is 1.68 bits per heavy atom. The van der Waals surface area contributed by atoms with Crippen molar-refractivity contribution in [2.75, 3.05) is 26.2 Å². The van der Waals surface area contributed by atoms with Crippen LogP contribution in [0, 0.1) is 17.8 Å². The molecule has 1 saturated heterocycles. The minimum absolute atomic E-state index is 0.00178. The summed E-state index contributed by atoms with van der Waals surface area (Å²) >= 11 is 0. The van der Waals surface area contributed by atoms with Crippen LogP contribution in [0.25, 0.3) is 11.1 Å². The molecule has 7 heteroatoms. The number of nitrogens with one attached hydrogen (secondary N) is 1. The Morgan fingerprint density at radius 1 is 1.06 bits per heavy atom. The lowest BCUT2D eigenvalue weighted by Gasteiger charge is -2.36.